The van der Waals surface area contributed by atoms with Gasteiger partial charge in [-0.05, 0) is 39.2 Å². The van der Waals surface area contributed by atoms with Gasteiger partial charge in [0.25, 0.3) is 5.69 Å². The summed E-state index contributed by atoms with van der Waals surface area (Å²) >= 11 is 0. The Labute approximate surface area is 176 Å². The van der Waals surface area contributed by atoms with Crippen LogP contribution in [0.15, 0.2) is 46.8 Å². The molecule has 0 saturated carbocycles. The highest BCUT2D eigenvalue weighted by atomic mass is 16.6. The van der Waals surface area contributed by atoms with Crippen LogP contribution in [0.1, 0.15) is 53.0 Å². The minimum absolute atomic E-state index is 0.0837. The maximum Gasteiger partial charge on any atom is 0.337 e. The zero-order valence-electron chi connectivity index (χ0n) is 18.1. The van der Waals surface area contributed by atoms with Crippen molar-refractivity contribution in [2.75, 3.05) is 6.61 Å². The van der Waals surface area contributed by atoms with E-state index < -0.39 is 22.8 Å². The van der Waals surface area contributed by atoms with Gasteiger partial charge in [-0.1, -0.05) is 26.0 Å². The van der Waals surface area contributed by atoms with Crippen LogP contribution in [0.4, 0.5) is 5.69 Å². The van der Waals surface area contributed by atoms with Gasteiger partial charge in [0.1, 0.15) is 0 Å². The zero-order chi connectivity index (χ0) is 22.6. The van der Waals surface area contributed by atoms with Crippen molar-refractivity contribution in [3.8, 4) is 0 Å². The van der Waals surface area contributed by atoms with E-state index in [1.807, 2.05) is 13.8 Å². The van der Waals surface area contributed by atoms with Gasteiger partial charge in [-0.2, -0.15) is 0 Å². The van der Waals surface area contributed by atoms with Gasteiger partial charge in [-0.15, -0.1) is 0 Å². The quantitative estimate of drug-likeness (QED) is 0.407. The SMILES string of the molecule is CCOC(=O)C1=C(C)NC(C(C)C)=C(C(=O)OC(C)C)C1c1cccc([N+](=O)[O-])c1. The highest BCUT2D eigenvalue weighted by Crippen LogP contribution is 2.41. The molecule has 0 radical (unpaired) electrons. The molecule has 1 N–H and O–H groups in total. The molecule has 1 aliphatic heterocycles. The summed E-state index contributed by atoms with van der Waals surface area (Å²) in [4.78, 5) is 36.8. The van der Waals surface area contributed by atoms with Gasteiger partial charge >= 0.3 is 11.9 Å². The van der Waals surface area contributed by atoms with Crippen LogP contribution in [0, 0.1) is 16.0 Å². The van der Waals surface area contributed by atoms with Gasteiger partial charge in [-0.3, -0.25) is 10.1 Å². The number of nitro groups is 1. The molecular weight excluding hydrogens is 388 g/mol. The number of carbonyl (C=O) groups is 2. The van der Waals surface area contributed by atoms with Crippen LogP contribution in [0.2, 0.25) is 0 Å². The van der Waals surface area contributed by atoms with Gasteiger partial charge in [0.05, 0.1) is 34.7 Å². The van der Waals surface area contributed by atoms with E-state index in [1.54, 1.807) is 33.8 Å². The molecule has 30 heavy (non-hydrogen) atoms. The number of benzene rings is 1. The van der Waals surface area contributed by atoms with Crippen LogP contribution >= 0.6 is 0 Å². The number of hydrogen-bond acceptors (Lipinski definition) is 7. The second kappa shape index (κ2) is 9.56. The fraction of sp³-hybridized carbons (Fsp3) is 0.455. The van der Waals surface area contributed by atoms with E-state index in [2.05, 4.69) is 5.32 Å². The van der Waals surface area contributed by atoms with E-state index >= 15 is 0 Å². The second-order valence-electron chi connectivity index (χ2n) is 7.61. The summed E-state index contributed by atoms with van der Waals surface area (Å²) in [5.74, 6) is -2.10. The largest absolute Gasteiger partial charge is 0.463 e. The highest BCUT2D eigenvalue weighted by molar-refractivity contribution is 6.00. The number of hydrogen-bond donors (Lipinski definition) is 1. The van der Waals surface area contributed by atoms with Gasteiger partial charge in [-0.25, -0.2) is 9.59 Å². The molecule has 1 heterocycles. The van der Waals surface area contributed by atoms with Gasteiger partial charge in [0, 0.05) is 23.5 Å². The lowest BCUT2D eigenvalue weighted by Crippen LogP contribution is -2.35. The molecule has 0 amide bonds. The normalized spacial score (nSPS) is 16.6. The van der Waals surface area contributed by atoms with Crippen LogP contribution in [0.25, 0.3) is 0 Å². The molecule has 0 fully saturated rings. The summed E-state index contributed by atoms with van der Waals surface area (Å²) in [5.41, 5.74) is 1.96. The third-order valence-electron chi connectivity index (χ3n) is 4.64. The average Bonchev–Trinajstić information content (AvgIpc) is 2.66. The van der Waals surface area contributed by atoms with Crippen molar-refractivity contribution in [2.24, 2.45) is 5.92 Å². The Hall–Kier alpha value is -3.16. The number of allylic oxidation sites excluding steroid dienone is 2. The fourth-order valence-electron chi connectivity index (χ4n) is 3.44. The molecule has 0 aliphatic carbocycles. The summed E-state index contributed by atoms with van der Waals surface area (Å²) in [6, 6.07) is 5.94. The summed E-state index contributed by atoms with van der Waals surface area (Å²) in [5, 5.41) is 14.5. The maximum atomic E-state index is 13.1. The third-order valence-corrected chi connectivity index (χ3v) is 4.64. The van der Waals surface area contributed by atoms with Crippen molar-refractivity contribution >= 4 is 17.6 Å². The van der Waals surface area contributed by atoms with E-state index in [9.17, 15) is 19.7 Å². The van der Waals surface area contributed by atoms with Gasteiger partial charge < -0.3 is 14.8 Å². The molecule has 0 saturated heterocycles. The highest BCUT2D eigenvalue weighted by Gasteiger charge is 2.40. The number of nitrogens with zero attached hydrogens (tertiary/aromatic N) is 1. The number of nitrogens with one attached hydrogen (secondary N) is 1. The Morgan fingerprint density at radius 2 is 1.83 bits per heavy atom. The number of esters is 2. The lowest BCUT2D eigenvalue weighted by molar-refractivity contribution is -0.384. The van der Waals surface area contributed by atoms with Crippen LogP contribution in [-0.2, 0) is 19.1 Å². The summed E-state index contributed by atoms with van der Waals surface area (Å²) in [6.07, 6.45) is -0.373. The first-order valence-corrected chi connectivity index (χ1v) is 9.92. The molecule has 0 aromatic heterocycles. The Morgan fingerprint density at radius 1 is 1.17 bits per heavy atom. The minimum Gasteiger partial charge on any atom is -0.463 e. The number of rotatable bonds is 7. The van der Waals surface area contributed by atoms with Crippen molar-refractivity contribution in [2.45, 2.75) is 53.6 Å². The summed E-state index contributed by atoms with van der Waals surface area (Å²) in [6.45, 7) is 10.9. The Morgan fingerprint density at radius 3 is 2.37 bits per heavy atom. The molecule has 1 unspecified atom stereocenters. The van der Waals surface area contributed by atoms with Crippen molar-refractivity contribution in [1.82, 2.24) is 5.32 Å². The van der Waals surface area contributed by atoms with Crippen molar-refractivity contribution in [1.29, 1.82) is 0 Å². The lowest BCUT2D eigenvalue weighted by atomic mass is 9.78. The molecule has 1 aromatic carbocycles. The molecule has 2 rings (SSSR count). The third kappa shape index (κ3) is 4.87. The molecule has 1 aliphatic rings. The first-order chi connectivity index (χ1) is 14.1. The number of carbonyl (C=O) groups excluding carboxylic acids is 2. The smallest absolute Gasteiger partial charge is 0.337 e. The number of nitro benzene ring substituents is 1. The first-order valence-electron chi connectivity index (χ1n) is 9.92. The van der Waals surface area contributed by atoms with E-state index in [4.69, 9.17) is 9.47 Å². The molecule has 162 valence electrons. The second-order valence-corrected chi connectivity index (χ2v) is 7.61. The Bertz CT molecular complexity index is 914. The average molecular weight is 416 g/mol. The maximum absolute atomic E-state index is 13.1. The van der Waals surface area contributed by atoms with Crippen LogP contribution < -0.4 is 5.32 Å². The first kappa shape index (κ1) is 23.1. The van der Waals surface area contributed by atoms with Crippen LogP contribution in [0.5, 0.6) is 0 Å². The lowest BCUT2D eigenvalue weighted by Gasteiger charge is -2.33. The zero-order valence-corrected chi connectivity index (χ0v) is 18.1. The van der Waals surface area contributed by atoms with Gasteiger partial charge in [0.2, 0.25) is 0 Å². The van der Waals surface area contributed by atoms with E-state index in [0.717, 1.165) is 0 Å². The molecule has 8 heteroatoms. The number of dihydropyridines is 1. The molecule has 1 aromatic rings. The van der Waals surface area contributed by atoms with E-state index in [1.165, 1.54) is 18.2 Å². The van der Waals surface area contributed by atoms with Crippen molar-refractivity contribution in [3.05, 3.63) is 62.5 Å². The molecule has 0 bridgehead atoms. The van der Waals surface area contributed by atoms with Crippen molar-refractivity contribution in [3.63, 3.8) is 0 Å². The topological polar surface area (TPSA) is 108 Å². The standard InChI is InChI=1S/C22H28N2O6/c1-7-29-21(25)17-14(6)23-20(12(2)3)19(22(26)30-13(4)5)18(17)15-9-8-10-16(11-15)24(27)28/h8-13,18,23H,7H2,1-6H3. The monoisotopic (exact) mass is 416 g/mol. The van der Waals surface area contributed by atoms with Gasteiger partial charge in [0.15, 0.2) is 0 Å². The van der Waals surface area contributed by atoms with Crippen LogP contribution in [0.3, 0.4) is 0 Å². The predicted molar refractivity (Wildman–Crippen MR) is 111 cm³/mol. The molecule has 8 nitrogen and oxygen atoms in total. The molecular formula is C22H28N2O6. The van der Waals surface area contributed by atoms with E-state index in [0.29, 0.717) is 17.0 Å². The van der Waals surface area contributed by atoms with Crippen LogP contribution in [-0.4, -0.2) is 29.6 Å². The Kier molecular flexibility index (Phi) is 7.37. The predicted octanol–water partition coefficient (Wildman–Crippen LogP) is 3.98. The summed E-state index contributed by atoms with van der Waals surface area (Å²) < 4.78 is 10.7. The minimum atomic E-state index is -0.853. The Balaban J connectivity index is 2.79. The molecule has 1 atom stereocenters. The molecule has 0 spiro atoms. The fourth-order valence-corrected chi connectivity index (χ4v) is 3.44. The summed E-state index contributed by atoms with van der Waals surface area (Å²) in [7, 11) is 0. The number of non-ortho nitro benzene ring substituents is 1. The van der Waals surface area contributed by atoms with E-state index in [-0.39, 0.29) is 35.5 Å². The number of ether oxygens (including phenoxy) is 2. The van der Waals surface area contributed by atoms with Crippen molar-refractivity contribution < 1.29 is 24.0 Å².